The van der Waals surface area contributed by atoms with E-state index in [1.165, 1.54) is 51.4 Å². The van der Waals surface area contributed by atoms with E-state index in [1.807, 2.05) is 0 Å². The summed E-state index contributed by atoms with van der Waals surface area (Å²) < 4.78 is 6.40. The maximum atomic E-state index is 6.47. The number of halogens is 1. The zero-order valence-corrected chi connectivity index (χ0v) is 11.7. The molecule has 3 saturated carbocycles. The van der Waals surface area contributed by atoms with Crippen LogP contribution in [0.25, 0.3) is 0 Å². The largest absolute Gasteiger partial charge is 0.374 e. The van der Waals surface area contributed by atoms with Gasteiger partial charge in [-0.05, 0) is 50.9 Å². The molecular formula is C15H25ClO. The molecule has 0 saturated heterocycles. The molecule has 0 radical (unpaired) electrons. The smallest absolute Gasteiger partial charge is 0.0663 e. The van der Waals surface area contributed by atoms with Gasteiger partial charge < -0.3 is 4.74 Å². The molecular weight excluding hydrogens is 232 g/mol. The summed E-state index contributed by atoms with van der Waals surface area (Å²) in [5, 5.41) is 0.400. The van der Waals surface area contributed by atoms with Crippen molar-refractivity contribution in [2.45, 2.75) is 82.3 Å². The molecule has 0 heterocycles. The minimum atomic E-state index is 0.380. The van der Waals surface area contributed by atoms with Gasteiger partial charge in [-0.3, -0.25) is 0 Å². The van der Waals surface area contributed by atoms with Gasteiger partial charge in [-0.1, -0.05) is 19.8 Å². The van der Waals surface area contributed by atoms with Crippen molar-refractivity contribution in [2.24, 2.45) is 11.3 Å². The van der Waals surface area contributed by atoms with Crippen molar-refractivity contribution < 1.29 is 4.74 Å². The third-order valence-electron chi connectivity index (χ3n) is 5.54. The Balaban J connectivity index is 1.55. The van der Waals surface area contributed by atoms with Crippen LogP contribution >= 0.6 is 11.6 Å². The fraction of sp³-hybridized carbons (Fsp3) is 1.00. The van der Waals surface area contributed by atoms with Gasteiger partial charge in [0.25, 0.3) is 0 Å². The van der Waals surface area contributed by atoms with E-state index in [0.717, 1.165) is 12.3 Å². The van der Waals surface area contributed by atoms with Crippen molar-refractivity contribution >= 4 is 11.6 Å². The van der Waals surface area contributed by atoms with E-state index in [4.69, 9.17) is 16.3 Å². The number of hydrogen-bond acceptors (Lipinski definition) is 1. The first kappa shape index (κ1) is 12.3. The van der Waals surface area contributed by atoms with Gasteiger partial charge >= 0.3 is 0 Å². The third kappa shape index (κ3) is 2.14. The van der Waals surface area contributed by atoms with Gasteiger partial charge in [0.05, 0.1) is 12.2 Å². The monoisotopic (exact) mass is 256 g/mol. The van der Waals surface area contributed by atoms with Crippen LogP contribution in [-0.4, -0.2) is 17.6 Å². The number of hydrogen-bond donors (Lipinski definition) is 0. The molecule has 3 rings (SSSR count). The maximum absolute atomic E-state index is 6.47. The summed E-state index contributed by atoms with van der Waals surface area (Å²) in [5.74, 6) is 0.914. The van der Waals surface area contributed by atoms with Crippen molar-refractivity contribution in [1.29, 1.82) is 0 Å². The van der Waals surface area contributed by atoms with Gasteiger partial charge in [0.1, 0.15) is 0 Å². The van der Waals surface area contributed by atoms with Crippen molar-refractivity contribution in [3.63, 3.8) is 0 Å². The number of ether oxygens (including phenoxy) is 1. The van der Waals surface area contributed by atoms with Gasteiger partial charge in [0.15, 0.2) is 0 Å². The average Bonchev–Trinajstić information content (AvgIpc) is 2.83. The lowest BCUT2D eigenvalue weighted by Crippen LogP contribution is -2.55. The maximum Gasteiger partial charge on any atom is 0.0663 e. The Labute approximate surface area is 110 Å². The standard InChI is InChI=1S/C15H25ClO/c1-11-4-6-12(7-5-11)17-14-10-13(16)15(14)8-2-3-9-15/h11-14H,2-10H2,1H3. The van der Waals surface area contributed by atoms with Gasteiger partial charge in [-0.15, -0.1) is 11.6 Å². The van der Waals surface area contributed by atoms with Crippen molar-refractivity contribution in [1.82, 2.24) is 0 Å². The van der Waals surface area contributed by atoms with Crippen LogP contribution in [0.5, 0.6) is 0 Å². The molecule has 0 N–H and O–H groups in total. The molecule has 1 nitrogen and oxygen atoms in total. The summed E-state index contributed by atoms with van der Waals surface area (Å²) in [7, 11) is 0. The zero-order chi connectivity index (χ0) is 11.9. The highest BCUT2D eigenvalue weighted by Crippen LogP contribution is 2.57. The Bertz CT molecular complexity index is 264. The molecule has 17 heavy (non-hydrogen) atoms. The van der Waals surface area contributed by atoms with Crippen LogP contribution in [0.4, 0.5) is 0 Å². The second-order valence-electron chi connectivity index (χ2n) is 6.65. The second-order valence-corrected chi connectivity index (χ2v) is 7.18. The first-order valence-corrected chi connectivity index (χ1v) is 7.94. The fourth-order valence-electron chi connectivity index (χ4n) is 4.16. The normalized spacial score (nSPS) is 44.8. The van der Waals surface area contributed by atoms with Crippen LogP contribution < -0.4 is 0 Å². The van der Waals surface area contributed by atoms with Gasteiger partial charge in [0, 0.05) is 10.8 Å². The predicted molar refractivity (Wildman–Crippen MR) is 71.5 cm³/mol. The van der Waals surface area contributed by atoms with Crippen LogP contribution in [0, 0.1) is 11.3 Å². The first-order valence-electron chi connectivity index (χ1n) is 7.50. The molecule has 98 valence electrons. The average molecular weight is 257 g/mol. The molecule has 1 spiro atoms. The summed E-state index contributed by atoms with van der Waals surface area (Å²) in [6.45, 7) is 2.37. The molecule has 0 aliphatic heterocycles. The quantitative estimate of drug-likeness (QED) is 0.660. The lowest BCUT2D eigenvalue weighted by atomic mass is 9.64. The molecule has 3 aliphatic carbocycles. The van der Waals surface area contributed by atoms with E-state index in [0.29, 0.717) is 23.0 Å². The van der Waals surface area contributed by atoms with Gasteiger partial charge in [-0.2, -0.15) is 0 Å². The molecule has 2 heteroatoms. The fourth-order valence-corrected chi connectivity index (χ4v) is 4.68. The van der Waals surface area contributed by atoms with E-state index < -0.39 is 0 Å². The zero-order valence-electron chi connectivity index (χ0n) is 11.0. The molecule has 0 amide bonds. The van der Waals surface area contributed by atoms with Crippen molar-refractivity contribution in [3.05, 3.63) is 0 Å². The summed E-state index contributed by atoms with van der Waals surface area (Å²) in [4.78, 5) is 0. The molecule has 0 aromatic carbocycles. The van der Waals surface area contributed by atoms with E-state index in [1.54, 1.807) is 0 Å². The lowest BCUT2D eigenvalue weighted by molar-refractivity contribution is -0.146. The Morgan fingerprint density at radius 2 is 1.71 bits per heavy atom. The summed E-state index contributed by atoms with van der Waals surface area (Å²) in [6, 6.07) is 0. The minimum absolute atomic E-state index is 0.380. The molecule has 0 aromatic heterocycles. The van der Waals surface area contributed by atoms with Crippen LogP contribution in [0.1, 0.15) is 64.7 Å². The molecule has 2 atom stereocenters. The van der Waals surface area contributed by atoms with Crippen LogP contribution in [0.15, 0.2) is 0 Å². The molecule has 3 aliphatic rings. The van der Waals surface area contributed by atoms with E-state index in [2.05, 4.69) is 6.92 Å². The predicted octanol–water partition coefficient (Wildman–Crippen LogP) is 4.52. The van der Waals surface area contributed by atoms with E-state index in [9.17, 15) is 0 Å². The van der Waals surface area contributed by atoms with Crippen LogP contribution in [-0.2, 0) is 4.74 Å². The molecule has 3 fully saturated rings. The molecule has 0 aromatic rings. The second kappa shape index (κ2) is 4.74. The highest BCUT2D eigenvalue weighted by molar-refractivity contribution is 6.21. The van der Waals surface area contributed by atoms with Crippen LogP contribution in [0.2, 0.25) is 0 Å². The summed E-state index contributed by atoms with van der Waals surface area (Å²) in [6.07, 6.45) is 12.8. The Morgan fingerprint density at radius 1 is 1.06 bits per heavy atom. The highest BCUT2D eigenvalue weighted by atomic mass is 35.5. The van der Waals surface area contributed by atoms with Gasteiger partial charge in [0.2, 0.25) is 0 Å². The van der Waals surface area contributed by atoms with E-state index in [-0.39, 0.29) is 0 Å². The lowest BCUT2D eigenvalue weighted by Gasteiger charge is -2.52. The Morgan fingerprint density at radius 3 is 2.29 bits per heavy atom. The van der Waals surface area contributed by atoms with Crippen molar-refractivity contribution in [3.8, 4) is 0 Å². The van der Waals surface area contributed by atoms with Crippen LogP contribution in [0.3, 0.4) is 0 Å². The summed E-state index contributed by atoms with van der Waals surface area (Å²) in [5.41, 5.74) is 0.380. The third-order valence-corrected chi connectivity index (χ3v) is 6.15. The van der Waals surface area contributed by atoms with Crippen molar-refractivity contribution in [2.75, 3.05) is 0 Å². The highest BCUT2D eigenvalue weighted by Gasteiger charge is 2.56. The minimum Gasteiger partial charge on any atom is -0.374 e. The first-order chi connectivity index (χ1) is 8.21. The van der Waals surface area contributed by atoms with Gasteiger partial charge in [-0.25, -0.2) is 0 Å². The Hall–Kier alpha value is 0.250. The summed E-state index contributed by atoms with van der Waals surface area (Å²) >= 11 is 6.47. The molecule has 0 bridgehead atoms. The number of alkyl halides is 1. The number of rotatable bonds is 2. The Kier molecular flexibility index (Phi) is 3.42. The molecule has 2 unspecified atom stereocenters. The topological polar surface area (TPSA) is 9.23 Å². The SMILES string of the molecule is CC1CCC(OC2CC(Cl)C23CCCC3)CC1. The van der Waals surface area contributed by atoms with E-state index >= 15 is 0 Å².